The Morgan fingerprint density at radius 2 is 1.45 bits per heavy atom. The fraction of sp³-hybridized carbons (Fsp3) is 0. The first kappa shape index (κ1) is 12.7. The molecule has 2 nitrogen and oxygen atoms in total. The lowest BCUT2D eigenvalue weighted by Crippen LogP contribution is -1.86. The van der Waals surface area contributed by atoms with Gasteiger partial charge in [-0.2, -0.15) is 0 Å². The lowest BCUT2D eigenvalue weighted by atomic mass is 10.1. The fourth-order valence-corrected chi connectivity index (χ4v) is 2.54. The summed E-state index contributed by atoms with van der Waals surface area (Å²) in [4.78, 5) is 9.03. The number of para-hydroxylation sites is 2. The van der Waals surface area contributed by atoms with E-state index in [1.165, 1.54) is 10.8 Å². The Bertz CT molecular complexity index is 905. The summed E-state index contributed by atoms with van der Waals surface area (Å²) >= 11 is 0. The summed E-state index contributed by atoms with van der Waals surface area (Å²) in [5.41, 5.74) is 3.87. The molecule has 0 aliphatic carbocycles. The molecule has 0 atom stereocenters. The standard InChI is InChI=1S/C20H14N2/c1-2-6-17-13-15(9-11-16(17)5-1)10-12-18-14-21-19-7-3-4-8-20(19)22-18/h1-14H. The Kier molecular flexibility index (Phi) is 3.13. The molecule has 22 heavy (non-hydrogen) atoms. The molecule has 0 amide bonds. The van der Waals surface area contributed by atoms with E-state index in [0.717, 1.165) is 22.3 Å². The highest BCUT2D eigenvalue weighted by atomic mass is 14.8. The van der Waals surface area contributed by atoms with Gasteiger partial charge in [0.05, 0.1) is 22.9 Å². The molecule has 0 spiro atoms. The zero-order valence-corrected chi connectivity index (χ0v) is 12.0. The smallest absolute Gasteiger partial charge is 0.0894 e. The van der Waals surface area contributed by atoms with Crippen LogP contribution in [0.15, 0.2) is 72.9 Å². The molecule has 4 aromatic rings. The van der Waals surface area contributed by atoms with Crippen molar-refractivity contribution in [3.8, 4) is 0 Å². The molecule has 4 rings (SSSR count). The third-order valence-electron chi connectivity index (χ3n) is 3.69. The second-order valence-electron chi connectivity index (χ2n) is 5.22. The monoisotopic (exact) mass is 282 g/mol. The van der Waals surface area contributed by atoms with Gasteiger partial charge in [0.2, 0.25) is 0 Å². The summed E-state index contributed by atoms with van der Waals surface area (Å²) in [7, 11) is 0. The quantitative estimate of drug-likeness (QED) is 0.519. The molecular formula is C20H14N2. The van der Waals surface area contributed by atoms with E-state index in [1.807, 2.05) is 30.3 Å². The van der Waals surface area contributed by atoms with Gasteiger partial charge < -0.3 is 0 Å². The van der Waals surface area contributed by atoms with Gasteiger partial charge in [-0.1, -0.05) is 54.6 Å². The van der Waals surface area contributed by atoms with Gasteiger partial charge >= 0.3 is 0 Å². The lowest BCUT2D eigenvalue weighted by molar-refractivity contribution is 1.27. The molecule has 104 valence electrons. The number of hydrogen-bond acceptors (Lipinski definition) is 2. The van der Waals surface area contributed by atoms with E-state index in [4.69, 9.17) is 0 Å². The largest absolute Gasteiger partial charge is 0.252 e. The van der Waals surface area contributed by atoms with Crippen molar-refractivity contribution < 1.29 is 0 Å². The minimum absolute atomic E-state index is 0.867. The van der Waals surface area contributed by atoms with Crippen molar-refractivity contribution >= 4 is 34.0 Å². The van der Waals surface area contributed by atoms with Gasteiger partial charge in [-0.25, -0.2) is 4.98 Å². The summed E-state index contributed by atoms with van der Waals surface area (Å²) in [6.07, 6.45) is 5.88. The predicted molar refractivity (Wildman–Crippen MR) is 92.4 cm³/mol. The highest BCUT2D eigenvalue weighted by Crippen LogP contribution is 2.17. The maximum absolute atomic E-state index is 4.60. The van der Waals surface area contributed by atoms with Crippen LogP contribution >= 0.6 is 0 Å². The molecular weight excluding hydrogens is 268 g/mol. The van der Waals surface area contributed by atoms with Gasteiger partial charge in [-0.15, -0.1) is 0 Å². The van der Waals surface area contributed by atoms with Crippen LogP contribution in [0.1, 0.15) is 11.3 Å². The molecule has 1 aromatic heterocycles. The molecule has 0 aliphatic rings. The minimum Gasteiger partial charge on any atom is -0.252 e. The van der Waals surface area contributed by atoms with Crippen molar-refractivity contribution in [3.05, 3.63) is 84.2 Å². The molecule has 0 bridgehead atoms. The van der Waals surface area contributed by atoms with Gasteiger partial charge in [0.25, 0.3) is 0 Å². The van der Waals surface area contributed by atoms with E-state index in [9.17, 15) is 0 Å². The number of benzene rings is 3. The van der Waals surface area contributed by atoms with Gasteiger partial charge in [0.15, 0.2) is 0 Å². The average Bonchev–Trinajstić information content (AvgIpc) is 2.59. The van der Waals surface area contributed by atoms with E-state index in [2.05, 4.69) is 58.5 Å². The molecule has 3 aromatic carbocycles. The number of nitrogens with zero attached hydrogens (tertiary/aromatic N) is 2. The first-order valence-corrected chi connectivity index (χ1v) is 7.27. The molecule has 0 aliphatic heterocycles. The number of aromatic nitrogens is 2. The van der Waals surface area contributed by atoms with E-state index < -0.39 is 0 Å². The predicted octanol–water partition coefficient (Wildman–Crippen LogP) is 4.95. The van der Waals surface area contributed by atoms with Crippen LogP contribution in [0.4, 0.5) is 0 Å². The molecule has 0 fully saturated rings. The molecule has 0 radical (unpaired) electrons. The lowest BCUT2D eigenvalue weighted by Gasteiger charge is -2.00. The van der Waals surface area contributed by atoms with Crippen molar-refractivity contribution in [2.24, 2.45) is 0 Å². The molecule has 0 saturated carbocycles. The van der Waals surface area contributed by atoms with Crippen LogP contribution in [-0.2, 0) is 0 Å². The number of rotatable bonds is 2. The van der Waals surface area contributed by atoms with Crippen molar-refractivity contribution in [1.82, 2.24) is 9.97 Å². The first-order chi connectivity index (χ1) is 10.9. The Balaban J connectivity index is 1.68. The van der Waals surface area contributed by atoms with Crippen molar-refractivity contribution in [2.75, 3.05) is 0 Å². The highest BCUT2D eigenvalue weighted by Gasteiger charge is 1.97. The van der Waals surface area contributed by atoms with E-state index in [-0.39, 0.29) is 0 Å². The van der Waals surface area contributed by atoms with Crippen molar-refractivity contribution in [2.45, 2.75) is 0 Å². The third kappa shape index (κ3) is 2.47. The molecule has 2 heteroatoms. The van der Waals surface area contributed by atoms with Crippen LogP contribution in [0.25, 0.3) is 34.0 Å². The van der Waals surface area contributed by atoms with Crippen LogP contribution in [0.2, 0.25) is 0 Å². The molecule has 1 heterocycles. The van der Waals surface area contributed by atoms with Crippen LogP contribution in [-0.4, -0.2) is 9.97 Å². The fourth-order valence-electron chi connectivity index (χ4n) is 2.54. The summed E-state index contributed by atoms with van der Waals surface area (Å²) < 4.78 is 0. The van der Waals surface area contributed by atoms with E-state index in [0.29, 0.717) is 0 Å². The molecule has 0 saturated heterocycles. The van der Waals surface area contributed by atoms with Crippen molar-refractivity contribution in [1.29, 1.82) is 0 Å². The van der Waals surface area contributed by atoms with Gasteiger partial charge in [-0.05, 0) is 40.6 Å². The minimum atomic E-state index is 0.867. The topological polar surface area (TPSA) is 25.8 Å². The number of hydrogen-bond donors (Lipinski definition) is 0. The Morgan fingerprint density at radius 3 is 2.36 bits per heavy atom. The summed E-state index contributed by atoms with van der Waals surface area (Å²) in [5, 5.41) is 2.50. The second kappa shape index (κ2) is 5.41. The first-order valence-electron chi connectivity index (χ1n) is 7.27. The normalized spacial score (nSPS) is 11.5. The van der Waals surface area contributed by atoms with Crippen LogP contribution in [0.5, 0.6) is 0 Å². The highest BCUT2D eigenvalue weighted by molar-refractivity contribution is 5.86. The van der Waals surface area contributed by atoms with Crippen molar-refractivity contribution in [3.63, 3.8) is 0 Å². The van der Waals surface area contributed by atoms with Crippen LogP contribution < -0.4 is 0 Å². The average molecular weight is 282 g/mol. The molecule has 0 unspecified atom stereocenters. The summed E-state index contributed by atoms with van der Waals surface area (Å²) in [6.45, 7) is 0. The maximum Gasteiger partial charge on any atom is 0.0894 e. The summed E-state index contributed by atoms with van der Waals surface area (Å²) in [6, 6.07) is 22.7. The van der Waals surface area contributed by atoms with E-state index >= 15 is 0 Å². The van der Waals surface area contributed by atoms with Gasteiger partial charge in [-0.3, -0.25) is 4.98 Å². The maximum atomic E-state index is 4.60. The zero-order chi connectivity index (χ0) is 14.8. The SMILES string of the molecule is C(=Cc1cnc2ccccc2n1)c1ccc2ccccc2c1. The third-order valence-corrected chi connectivity index (χ3v) is 3.69. The Hall–Kier alpha value is -3.00. The Labute approximate surface area is 128 Å². The van der Waals surface area contributed by atoms with Crippen LogP contribution in [0, 0.1) is 0 Å². The molecule has 0 N–H and O–H groups in total. The zero-order valence-electron chi connectivity index (χ0n) is 12.0. The Morgan fingerprint density at radius 1 is 0.682 bits per heavy atom. The number of fused-ring (bicyclic) bond motifs is 2. The van der Waals surface area contributed by atoms with Gasteiger partial charge in [0.1, 0.15) is 0 Å². The van der Waals surface area contributed by atoms with E-state index in [1.54, 1.807) is 6.20 Å². The van der Waals surface area contributed by atoms with Crippen LogP contribution in [0.3, 0.4) is 0 Å². The van der Waals surface area contributed by atoms with Gasteiger partial charge in [0, 0.05) is 0 Å². The summed E-state index contributed by atoms with van der Waals surface area (Å²) in [5.74, 6) is 0. The second-order valence-corrected chi connectivity index (χ2v) is 5.22.